The fourth-order valence-electron chi connectivity index (χ4n) is 2.13. The Bertz CT molecular complexity index is 691. The topological polar surface area (TPSA) is 85.6 Å². The fourth-order valence-corrected chi connectivity index (χ4v) is 2.13. The summed E-state index contributed by atoms with van der Waals surface area (Å²) >= 11 is 0. The SMILES string of the molecule is CCNC(=NCc1nncn1C)NCC(C)Oc1cccc(OC)c1.I. The zero-order valence-corrected chi connectivity index (χ0v) is 17.9. The summed E-state index contributed by atoms with van der Waals surface area (Å²) in [7, 11) is 3.54. The maximum atomic E-state index is 5.90. The third kappa shape index (κ3) is 7.06. The molecule has 1 aromatic carbocycles. The van der Waals surface area contributed by atoms with Crippen molar-refractivity contribution in [1.82, 2.24) is 25.4 Å². The summed E-state index contributed by atoms with van der Waals surface area (Å²) in [6, 6.07) is 7.56. The van der Waals surface area contributed by atoms with E-state index in [1.807, 2.05) is 49.7 Å². The van der Waals surface area contributed by atoms with Crippen molar-refractivity contribution in [3.8, 4) is 11.5 Å². The summed E-state index contributed by atoms with van der Waals surface area (Å²) < 4.78 is 13.0. The molecule has 0 aliphatic carbocycles. The van der Waals surface area contributed by atoms with Crippen LogP contribution in [0.2, 0.25) is 0 Å². The van der Waals surface area contributed by atoms with E-state index in [0.29, 0.717) is 19.0 Å². The summed E-state index contributed by atoms with van der Waals surface area (Å²) in [5.74, 6) is 3.07. The molecule has 0 bridgehead atoms. The molecular formula is C17H27IN6O2. The third-order valence-corrected chi connectivity index (χ3v) is 3.46. The molecule has 0 amide bonds. The van der Waals surface area contributed by atoms with Gasteiger partial charge in [-0.25, -0.2) is 4.99 Å². The normalized spacial score (nSPS) is 12.1. The number of aromatic nitrogens is 3. The van der Waals surface area contributed by atoms with E-state index in [9.17, 15) is 0 Å². The third-order valence-electron chi connectivity index (χ3n) is 3.46. The van der Waals surface area contributed by atoms with Gasteiger partial charge in [0.15, 0.2) is 11.8 Å². The number of aliphatic imine (C=N–C) groups is 1. The number of methoxy groups -OCH3 is 1. The summed E-state index contributed by atoms with van der Waals surface area (Å²) in [6.45, 7) is 5.86. The highest BCUT2D eigenvalue weighted by atomic mass is 127. The van der Waals surface area contributed by atoms with Gasteiger partial charge in [-0.1, -0.05) is 6.07 Å². The minimum absolute atomic E-state index is 0. The number of nitrogens with zero attached hydrogens (tertiary/aromatic N) is 4. The van der Waals surface area contributed by atoms with E-state index >= 15 is 0 Å². The first-order chi connectivity index (χ1) is 12.1. The Morgan fingerprint density at radius 3 is 2.73 bits per heavy atom. The molecule has 2 rings (SSSR count). The minimum atomic E-state index is -0.0363. The van der Waals surface area contributed by atoms with Crippen LogP contribution in [0.3, 0.4) is 0 Å². The van der Waals surface area contributed by atoms with Crippen molar-refractivity contribution in [2.75, 3.05) is 20.2 Å². The molecule has 1 unspecified atom stereocenters. The van der Waals surface area contributed by atoms with Crippen LogP contribution < -0.4 is 20.1 Å². The molecule has 0 spiro atoms. The second-order valence-corrected chi connectivity index (χ2v) is 5.54. The highest BCUT2D eigenvalue weighted by Crippen LogP contribution is 2.19. The van der Waals surface area contributed by atoms with Gasteiger partial charge in [-0.3, -0.25) is 0 Å². The first kappa shape index (κ1) is 22.0. The molecular weight excluding hydrogens is 447 g/mol. The van der Waals surface area contributed by atoms with Gasteiger partial charge in [0, 0.05) is 19.7 Å². The lowest BCUT2D eigenvalue weighted by Crippen LogP contribution is -2.41. The second kappa shape index (κ2) is 11.6. The zero-order chi connectivity index (χ0) is 18.1. The van der Waals surface area contributed by atoms with E-state index < -0.39 is 0 Å². The Morgan fingerprint density at radius 1 is 1.31 bits per heavy atom. The van der Waals surface area contributed by atoms with Gasteiger partial charge >= 0.3 is 0 Å². The van der Waals surface area contributed by atoms with Crippen LogP contribution in [0.5, 0.6) is 11.5 Å². The number of aryl methyl sites for hydroxylation is 1. The molecule has 0 fully saturated rings. The highest BCUT2D eigenvalue weighted by molar-refractivity contribution is 14.0. The summed E-state index contributed by atoms with van der Waals surface area (Å²) in [4.78, 5) is 4.52. The number of hydrogen-bond donors (Lipinski definition) is 2. The average Bonchev–Trinajstić information content (AvgIpc) is 3.02. The van der Waals surface area contributed by atoms with Gasteiger partial charge in [-0.15, -0.1) is 34.2 Å². The van der Waals surface area contributed by atoms with Crippen molar-refractivity contribution in [1.29, 1.82) is 0 Å². The van der Waals surface area contributed by atoms with E-state index in [2.05, 4.69) is 25.8 Å². The van der Waals surface area contributed by atoms with Crippen molar-refractivity contribution in [3.63, 3.8) is 0 Å². The largest absolute Gasteiger partial charge is 0.497 e. The van der Waals surface area contributed by atoms with Gasteiger partial charge in [-0.05, 0) is 26.0 Å². The number of nitrogens with one attached hydrogen (secondary N) is 2. The molecule has 2 aromatic rings. The molecule has 0 aliphatic rings. The molecule has 1 atom stereocenters. The van der Waals surface area contributed by atoms with Crippen LogP contribution in [0.25, 0.3) is 0 Å². The molecule has 2 N–H and O–H groups in total. The van der Waals surface area contributed by atoms with Gasteiger partial charge in [-0.2, -0.15) is 0 Å². The lowest BCUT2D eigenvalue weighted by atomic mass is 10.3. The second-order valence-electron chi connectivity index (χ2n) is 5.54. The molecule has 9 heteroatoms. The predicted octanol–water partition coefficient (Wildman–Crippen LogP) is 1.96. The number of hydrogen-bond acceptors (Lipinski definition) is 5. The first-order valence-electron chi connectivity index (χ1n) is 8.28. The predicted molar refractivity (Wildman–Crippen MR) is 112 cm³/mol. The van der Waals surface area contributed by atoms with Gasteiger partial charge in [0.1, 0.15) is 30.5 Å². The molecule has 144 valence electrons. The van der Waals surface area contributed by atoms with Crippen LogP contribution in [0.1, 0.15) is 19.7 Å². The summed E-state index contributed by atoms with van der Waals surface area (Å²) in [5, 5.41) is 14.4. The van der Waals surface area contributed by atoms with Crippen molar-refractivity contribution in [2.24, 2.45) is 12.0 Å². The number of ether oxygens (including phenoxy) is 2. The maximum absolute atomic E-state index is 5.90. The number of rotatable bonds is 8. The Labute approximate surface area is 171 Å². The van der Waals surface area contributed by atoms with Gasteiger partial charge in [0.2, 0.25) is 0 Å². The van der Waals surface area contributed by atoms with E-state index in [0.717, 1.165) is 23.9 Å². The maximum Gasteiger partial charge on any atom is 0.191 e. The van der Waals surface area contributed by atoms with Crippen molar-refractivity contribution in [3.05, 3.63) is 36.4 Å². The average molecular weight is 474 g/mol. The molecule has 1 heterocycles. The van der Waals surface area contributed by atoms with Crippen LogP contribution >= 0.6 is 24.0 Å². The number of benzene rings is 1. The van der Waals surface area contributed by atoms with Crippen LogP contribution in [-0.2, 0) is 13.6 Å². The summed E-state index contributed by atoms with van der Waals surface area (Å²) in [5.41, 5.74) is 0. The van der Waals surface area contributed by atoms with Crippen LogP contribution in [0.4, 0.5) is 0 Å². The highest BCUT2D eigenvalue weighted by Gasteiger charge is 2.07. The number of halogens is 1. The molecule has 26 heavy (non-hydrogen) atoms. The van der Waals surface area contributed by atoms with E-state index in [1.165, 1.54) is 0 Å². The van der Waals surface area contributed by atoms with E-state index in [1.54, 1.807) is 13.4 Å². The fraction of sp³-hybridized carbons (Fsp3) is 0.471. The van der Waals surface area contributed by atoms with Crippen molar-refractivity contribution in [2.45, 2.75) is 26.5 Å². The first-order valence-corrected chi connectivity index (χ1v) is 8.28. The Balaban J connectivity index is 0.00000338. The van der Waals surface area contributed by atoms with E-state index in [-0.39, 0.29) is 30.1 Å². The molecule has 0 saturated heterocycles. The number of guanidine groups is 1. The van der Waals surface area contributed by atoms with Gasteiger partial charge in [0.05, 0.1) is 13.7 Å². The molecule has 1 aromatic heterocycles. The monoisotopic (exact) mass is 474 g/mol. The quantitative estimate of drug-likeness (QED) is 0.346. The van der Waals surface area contributed by atoms with Gasteiger partial charge < -0.3 is 24.7 Å². The molecule has 0 radical (unpaired) electrons. The standard InChI is InChI=1S/C17H26N6O2.HI/c1-5-18-17(20-11-16-22-21-12-23(16)3)19-10-13(2)25-15-8-6-7-14(9-15)24-4;/h6-9,12-13H,5,10-11H2,1-4H3,(H2,18,19,20);1H. The van der Waals surface area contributed by atoms with Crippen LogP contribution in [0.15, 0.2) is 35.6 Å². The summed E-state index contributed by atoms with van der Waals surface area (Å²) in [6.07, 6.45) is 1.63. The Kier molecular flexibility index (Phi) is 9.78. The van der Waals surface area contributed by atoms with E-state index in [4.69, 9.17) is 9.47 Å². The van der Waals surface area contributed by atoms with Crippen molar-refractivity contribution < 1.29 is 9.47 Å². The lowest BCUT2D eigenvalue weighted by molar-refractivity contribution is 0.223. The van der Waals surface area contributed by atoms with Crippen LogP contribution in [0, 0.1) is 0 Å². The van der Waals surface area contributed by atoms with Crippen LogP contribution in [-0.4, -0.2) is 47.0 Å². The van der Waals surface area contributed by atoms with Crippen molar-refractivity contribution >= 4 is 29.9 Å². The lowest BCUT2D eigenvalue weighted by Gasteiger charge is -2.18. The zero-order valence-electron chi connectivity index (χ0n) is 15.6. The smallest absolute Gasteiger partial charge is 0.191 e. The minimum Gasteiger partial charge on any atom is -0.497 e. The Hall–Kier alpha value is -2.04. The molecule has 0 saturated carbocycles. The molecule has 8 nitrogen and oxygen atoms in total. The van der Waals surface area contributed by atoms with Gasteiger partial charge in [0.25, 0.3) is 0 Å². The molecule has 0 aliphatic heterocycles. The Morgan fingerprint density at radius 2 is 2.08 bits per heavy atom.